The highest BCUT2D eigenvalue weighted by Gasteiger charge is 2.19. The zero-order valence-electron chi connectivity index (χ0n) is 17.1. The predicted octanol–water partition coefficient (Wildman–Crippen LogP) is 4.13. The Labute approximate surface area is 183 Å². The molecule has 2 aromatic heterocycles. The minimum atomic E-state index is -0.235. The number of thiophene rings is 1. The summed E-state index contributed by atoms with van der Waals surface area (Å²) in [7, 11) is 1.62. The topological polar surface area (TPSA) is 89.7 Å². The van der Waals surface area contributed by atoms with Gasteiger partial charge in [0.2, 0.25) is 0 Å². The lowest BCUT2D eigenvalue weighted by Crippen LogP contribution is -2.36. The number of carbonyl (C=O) groups is 1. The Hall–Kier alpha value is -3.36. The van der Waals surface area contributed by atoms with E-state index in [0.717, 1.165) is 64.5 Å². The molecule has 0 unspecified atom stereocenters. The second-order valence-electron chi connectivity index (χ2n) is 7.34. The summed E-state index contributed by atoms with van der Waals surface area (Å²) in [5, 5.41) is 4.69. The summed E-state index contributed by atoms with van der Waals surface area (Å²) in [5.74, 6) is 0.503. The normalized spacial score (nSPS) is 14.2. The number of nitrogens with one attached hydrogen (secondary N) is 1. The zero-order chi connectivity index (χ0) is 21.4. The number of methoxy groups -OCH3 is 1. The van der Waals surface area contributed by atoms with Gasteiger partial charge in [-0.1, -0.05) is 0 Å². The molecule has 158 valence electrons. The molecule has 0 bridgehead atoms. The first-order valence-electron chi connectivity index (χ1n) is 10.0. The molecule has 0 radical (unpaired) electrons. The van der Waals surface area contributed by atoms with Gasteiger partial charge in [0, 0.05) is 41.3 Å². The van der Waals surface area contributed by atoms with E-state index < -0.39 is 0 Å². The molecule has 0 spiro atoms. The number of hydrogen-bond donors (Lipinski definition) is 2. The van der Waals surface area contributed by atoms with Gasteiger partial charge in [0.15, 0.2) is 0 Å². The second-order valence-corrected chi connectivity index (χ2v) is 8.34. The van der Waals surface area contributed by atoms with E-state index in [-0.39, 0.29) is 5.91 Å². The maximum Gasteiger partial charge on any atom is 0.267 e. The van der Waals surface area contributed by atoms with Crippen LogP contribution in [0.1, 0.15) is 9.67 Å². The summed E-state index contributed by atoms with van der Waals surface area (Å²) in [5.41, 5.74) is 9.43. The van der Waals surface area contributed by atoms with Gasteiger partial charge in [0.05, 0.1) is 31.5 Å². The van der Waals surface area contributed by atoms with E-state index in [1.807, 2.05) is 48.5 Å². The standard InChI is InChI=1S/C23H22N4O3S/c1-29-17-7-2-14-12-18-20(24)21(31-23(18)26-19(14)13-17)22(28)25-15-3-5-16(6-4-15)27-8-10-30-11-9-27/h2-7,12-13H,8-11,24H2,1H3,(H,25,28). The number of nitrogens with zero attached hydrogens (tertiary/aromatic N) is 2. The Bertz CT molecular complexity index is 1260. The van der Waals surface area contributed by atoms with Crippen LogP contribution in [0.5, 0.6) is 5.75 Å². The first kappa shape index (κ1) is 19.6. The van der Waals surface area contributed by atoms with E-state index in [0.29, 0.717) is 10.6 Å². The molecule has 1 saturated heterocycles. The predicted molar refractivity (Wildman–Crippen MR) is 126 cm³/mol. The van der Waals surface area contributed by atoms with Gasteiger partial charge in [-0.05, 0) is 42.5 Å². The van der Waals surface area contributed by atoms with Crippen LogP contribution in [-0.4, -0.2) is 44.3 Å². The number of ether oxygens (including phenoxy) is 2. The Kier molecular flexibility index (Phi) is 5.09. The number of aromatic nitrogens is 1. The number of morpholine rings is 1. The molecule has 1 amide bonds. The molecule has 8 heteroatoms. The largest absolute Gasteiger partial charge is 0.497 e. The van der Waals surface area contributed by atoms with Crippen molar-refractivity contribution >= 4 is 55.4 Å². The van der Waals surface area contributed by atoms with Gasteiger partial charge in [-0.25, -0.2) is 4.98 Å². The number of anilines is 3. The highest BCUT2D eigenvalue weighted by Crippen LogP contribution is 2.35. The minimum absolute atomic E-state index is 0.235. The molecule has 1 aliphatic rings. The number of carbonyl (C=O) groups excluding carboxylic acids is 1. The van der Waals surface area contributed by atoms with E-state index in [1.54, 1.807) is 7.11 Å². The van der Waals surface area contributed by atoms with Crippen LogP contribution in [-0.2, 0) is 4.74 Å². The van der Waals surface area contributed by atoms with Crippen molar-refractivity contribution in [1.82, 2.24) is 4.98 Å². The monoisotopic (exact) mass is 434 g/mol. The first-order valence-corrected chi connectivity index (χ1v) is 10.8. The molecule has 1 fully saturated rings. The molecule has 3 N–H and O–H groups in total. The summed E-state index contributed by atoms with van der Waals surface area (Å²) >= 11 is 1.29. The molecule has 1 aliphatic heterocycles. The smallest absolute Gasteiger partial charge is 0.267 e. The van der Waals surface area contributed by atoms with Gasteiger partial charge in [0.1, 0.15) is 15.5 Å². The lowest BCUT2D eigenvalue weighted by Gasteiger charge is -2.28. The fourth-order valence-electron chi connectivity index (χ4n) is 3.73. The van der Waals surface area contributed by atoms with E-state index in [4.69, 9.17) is 15.2 Å². The SMILES string of the molecule is COc1ccc2cc3c(N)c(C(=O)Nc4ccc(N5CCOCC5)cc4)sc3nc2c1. The van der Waals surface area contributed by atoms with Gasteiger partial charge in [-0.15, -0.1) is 11.3 Å². The highest BCUT2D eigenvalue weighted by molar-refractivity contribution is 7.21. The van der Waals surface area contributed by atoms with Crippen LogP contribution in [0.15, 0.2) is 48.5 Å². The third-order valence-electron chi connectivity index (χ3n) is 5.43. The van der Waals surface area contributed by atoms with Crippen molar-refractivity contribution in [3.8, 4) is 5.75 Å². The summed E-state index contributed by atoms with van der Waals surface area (Å²) in [6.45, 7) is 3.22. The summed E-state index contributed by atoms with van der Waals surface area (Å²) < 4.78 is 10.7. The number of benzene rings is 2. The molecular formula is C23H22N4O3S. The van der Waals surface area contributed by atoms with Crippen LogP contribution < -0.4 is 20.7 Å². The maximum absolute atomic E-state index is 12.9. The van der Waals surface area contributed by atoms with Crippen LogP contribution in [0.25, 0.3) is 21.1 Å². The van der Waals surface area contributed by atoms with Crippen molar-refractivity contribution in [2.24, 2.45) is 0 Å². The fraction of sp³-hybridized carbons (Fsp3) is 0.217. The van der Waals surface area contributed by atoms with Gasteiger partial charge in [0.25, 0.3) is 5.91 Å². The maximum atomic E-state index is 12.9. The Balaban J connectivity index is 1.40. The lowest BCUT2D eigenvalue weighted by atomic mass is 10.1. The molecule has 5 rings (SSSR count). The second kappa shape index (κ2) is 8.05. The molecule has 0 atom stereocenters. The lowest BCUT2D eigenvalue weighted by molar-refractivity contribution is 0.103. The molecule has 31 heavy (non-hydrogen) atoms. The van der Waals surface area contributed by atoms with Crippen LogP contribution in [0.4, 0.5) is 17.1 Å². The summed E-state index contributed by atoms with van der Waals surface area (Å²) in [4.78, 5) is 21.1. The molecule has 4 aromatic rings. The number of nitrogen functional groups attached to an aromatic ring is 1. The molecule has 7 nitrogen and oxygen atoms in total. The Morgan fingerprint density at radius 3 is 2.68 bits per heavy atom. The van der Waals surface area contributed by atoms with E-state index >= 15 is 0 Å². The zero-order valence-corrected chi connectivity index (χ0v) is 17.9. The van der Waals surface area contributed by atoms with Crippen LogP contribution in [0, 0.1) is 0 Å². The number of pyridine rings is 1. The number of hydrogen-bond acceptors (Lipinski definition) is 7. The van der Waals surface area contributed by atoms with Crippen LogP contribution in [0.2, 0.25) is 0 Å². The number of rotatable bonds is 4. The van der Waals surface area contributed by atoms with Crippen LogP contribution in [0.3, 0.4) is 0 Å². The quantitative estimate of drug-likeness (QED) is 0.502. The molecule has 3 heterocycles. The third-order valence-corrected chi connectivity index (χ3v) is 6.54. The number of nitrogens with two attached hydrogens (primary N) is 1. The van der Waals surface area contributed by atoms with Gasteiger partial charge >= 0.3 is 0 Å². The van der Waals surface area contributed by atoms with E-state index in [1.165, 1.54) is 11.3 Å². The third kappa shape index (κ3) is 3.75. The highest BCUT2D eigenvalue weighted by atomic mass is 32.1. The molecule has 0 saturated carbocycles. The summed E-state index contributed by atoms with van der Waals surface area (Å²) in [6.07, 6.45) is 0. The fourth-order valence-corrected chi connectivity index (χ4v) is 4.71. The average molecular weight is 435 g/mol. The minimum Gasteiger partial charge on any atom is -0.497 e. The Morgan fingerprint density at radius 2 is 1.94 bits per heavy atom. The van der Waals surface area contributed by atoms with Crippen molar-refractivity contribution in [3.63, 3.8) is 0 Å². The van der Waals surface area contributed by atoms with Crippen molar-refractivity contribution in [3.05, 3.63) is 53.4 Å². The molecule has 0 aliphatic carbocycles. The van der Waals surface area contributed by atoms with E-state index in [2.05, 4.69) is 15.2 Å². The van der Waals surface area contributed by atoms with Crippen molar-refractivity contribution in [2.75, 3.05) is 49.4 Å². The van der Waals surface area contributed by atoms with Crippen molar-refractivity contribution < 1.29 is 14.3 Å². The summed E-state index contributed by atoms with van der Waals surface area (Å²) in [6, 6.07) is 15.5. The first-order chi connectivity index (χ1) is 15.1. The van der Waals surface area contributed by atoms with Gasteiger partial charge in [-0.3, -0.25) is 4.79 Å². The Morgan fingerprint density at radius 1 is 1.16 bits per heavy atom. The molecule has 2 aromatic carbocycles. The molecular weight excluding hydrogens is 412 g/mol. The van der Waals surface area contributed by atoms with E-state index in [9.17, 15) is 4.79 Å². The van der Waals surface area contributed by atoms with Gasteiger partial charge in [-0.2, -0.15) is 0 Å². The van der Waals surface area contributed by atoms with Gasteiger partial charge < -0.3 is 25.4 Å². The average Bonchev–Trinajstić information content (AvgIpc) is 3.13. The van der Waals surface area contributed by atoms with Crippen molar-refractivity contribution in [2.45, 2.75) is 0 Å². The van der Waals surface area contributed by atoms with Crippen LogP contribution >= 0.6 is 11.3 Å². The number of amides is 1. The van der Waals surface area contributed by atoms with Crippen molar-refractivity contribution in [1.29, 1.82) is 0 Å². The number of fused-ring (bicyclic) bond motifs is 2.